The van der Waals surface area contributed by atoms with Crippen molar-refractivity contribution >= 4 is 11.0 Å². The van der Waals surface area contributed by atoms with Crippen molar-refractivity contribution in [3.8, 4) is 0 Å². The third kappa shape index (κ3) is 1.95. The molecule has 0 atom stereocenters. The zero-order valence-corrected chi connectivity index (χ0v) is 10.5. The number of aryl methyl sites for hydroxylation is 2. The molecular weight excluding hydrogens is 210 g/mol. The van der Waals surface area contributed by atoms with Crippen molar-refractivity contribution in [3.05, 3.63) is 29.6 Å². The zero-order valence-electron chi connectivity index (χ0n) is 10.5. The molecule has 2 aromatic rings. The van der Waals surface area contributed by atoms with Crippen LogP contribution in [0.15, 0.2) is 18.2 Å². The van der Waals surface area contributed by atoms with Gasteiger partial charge in [0.1, 0.15) is 5.82 Å². The van der Waals surface area contributed by atoms with Gasteiger partial charge in [-0.25, -0.2) is 4.98 Å². The number of hydrogen-bond acceptors (Lipinski definition) is 2. The molecule has 0 saturated heterocycles. The Kier molecular flexibility index (Phi) is 2.63. The van der Waals surface area contributed by atoms with Crippen molar-refractivity contribution < 1.29 is 0 Å². The van der Waals surface area contributed by atoms with Crippen LogP contribution in [0.4, 0.5) is 0 Å². The highest BCUT2D eigenvalue weighted by molar-refractivity contribution is 5.76. The molecule has 0 radical (unpaired) electrons. The first kappa shape index (κ1) is 10.8. The zero-order chi connectivity index (χ0) is 11.8. The van der Waals surface area contributed by atoms with E-state index in [2.05, 4.69) is 40.1 Å². The monoisotopic (exact) mass is 229 g/mol. The first-order valence-corrected chi connectivity index (χ1v) is 6.39. The lowest BCUT2D eigenvalue weighted by Crippen LogP contribution is -2.34. The summed E-state index contributed by atoms with van der Waals surface area (Å²) >= 11 is 0. The Morgan fingerprint density at radius 2 is 2.24 bits per heavy atom. The molecule has 0 amide bonds. The maximum atomic E-state index is 4.57. The number of hydrogen-bond donors (Lipinski definition) is 1. The van der Waals surface area contributed by atoms with Gasteiger partial charge in [-0.1, -0.05) is 12.5 Å². The molecule has 1 aliphatic rings. The van der Waals surface area contributed by atoms with E-state index in [1.54, 1.807) is 0 Å². The number of imidazole rings is 1. The summed E-state index contributed by atoms with van der Waals surface area (Å²) in [6, 6.07) is 7.33. The molecule has 1 N–H and O–H groups in total. The van der Waals surface area contributed by atoms with Crippen molar-refractivity contribution in [3.63, 3.8) is 0 Å². The van der Waals surface area contributed by atoms with Crippen molar-refractivity contribution in [2.75, 3.05) is 0 Å². The van der Waals surface area contributed by atoms with Crippen LogP contribution in [-0.2, 0) is 13.6 Å². The minimum Gasteiger partial charge on any atom is -0.331 e. The summed E-state index contributed by atoms with van der Waals surface area (Å²) < 4.78 is 2.14. The van der Waals surface area contributed by atoms with Gasteiger partial charge in [0.05, 0.1) is 11.0 Å². The molecule has 1 heterocycles. The fourth-order valence-electron chi connectivity index (χ4n) is 2.35. The minimum absolute atomic E-state index is 0.746. The summed E-state index contributed by atoms with van der Waals surface area (Å²) in [5, 5.41) is 3.59. The van der Waals surface area contributed by atoms with E-state index < -0.39 is 0 Å². The van der Waals surface area contributed by atoms with E-state index in [0.717, 1.165) is 23.9 Å². The fraction of sp³-hybridized carbons (Fsp3) is 0.500. The molecular formula is C14H19N3. The van der Waals surface area contributed by atoms with Gasteiger partial charge in [-0.15, -0.1) is 0 Å². The van der Waals surface area contributed by atoms with Gasteiger partial charge in [-0.2, -0.15) is 0 Å². The molecule has 1 saturated carbocycles. The molecule has 3 rings (SSSR count). The summed E-state index contributed by atoms with van der Waals surface area (Å²) in [7, 11) is 2.07. The first-order chi connectivity index (χ1) is 8.24. The van der Waals surface area contributed by atoms with E-state index in [0.29, 0.717) is 0 Å². The third-order valence-corrected chi connectivity index (χ3v) is 3.87. The largest absolute Gasteiger partial charge is 0.331 e. The van der Waals surface area contributed by atoms with Gasteiger partial charge in [0.2, 0.25) is 0 Å². The van der Waals surface area contributed by atoms with Gasteiger partial charge in [-0.3, -0.25) is 0 Å². The number of aromatic nitrogens is 2. The third-order valence-electron chi connectivity index (χ3n) is 3.87. The van der Waals surface area contributed by atoms with Gasteiger partial charge in [0.15, 0.2) is 0 Å². The quantitative estimate of drug-likeness (QED) is 0.876. The second kappa shape index (κ2) is 4.15. The van der Waals surface area contributed by atoms with Gasteiger partial charge in [-0.05, 0) is 37.5 Å². The average Bonchev–Trinajstić information content (AvgIpc) is 2.52. The molecule has 0 bridgehead atoms. The predicted molar refractivity (Wildman–Crippen MR) is 69.9 cm³/mol. The van der Waals surface area contributed by atoms with Crippen LogP contribution < -0.4 is 5.32 Å². The Morgan fingerprint density at radius 3 is 2.94 bits per heavy atom. The van der Waals surface area contributed by atoms with Crippen LogP contribution in [0.3, 0.4) is 0 Å². The molecule has 0 unspecified atom stereocenters. The molecule has 1 fully saturated rings. The summed E-state index contributed by atoms with van der Waals surface area (Å²) in [4.78, 5) is 4.57. The highest BCUT2D eigenvalue weighted by Crippen LogP contribution is 2.20. The molecule has 1 aromatic heterocycles. The molecule has 3 nitrogen and oxygen atoms in total. The summed E-state index contributed by atoms with van der Waals surface area (Å²) in [5.74, 6) is 1.07. The fourth-order valence-corrected chi connectivity index (χ4v) is 2.35. The van der Waals surface area contributed by atoms with Crippen LogP contribution in [0.1, 0.15) is 30.7 Å². The maximum absolute atomic E-state index is 4.57. The Balaban J connectivity index is 1.80. The van der Waals surface area contributed by atoms with Crippen LogP contribution in [0.2, 0.25) is 0 Å². The molecule has 0 aliphatic heterocycles. The number of rotatable bonds is 3. The van der Waals surface area contributed by atoms with Crippen molar-refractivity contribution in [2.24, 2.45) is 7.05 Å². The number of nitrogens with zero attached hydrogens (tertiary/aromatic N) is 2. The van der Waals surface area contributed by atoms with Crippen molar-refractivity contribution in [2.45, 2.75) is 38.8 Å². The second-order valence-corrected chi connectivity index (χ2v) is 5.05. The van der Waals surface area contributed by atoms with Gasteiger partial charge < -0.3 is 9.88 Å². The lowest BCUT2D eigenvalue weighted by Gasteiger charge is -2.26. The Morgan fingerprint density at radius 1 is 1.41 bits per heavy atom. The maximum Gasteiger partial charge on any atom is 0.106 e. The topological polar surface area (TPSA) is 29.9 Å². The number of fused-ring (bicyclic) bond motifs is 1. The molecule has 1 aliphatic carbocycles. The van der Waals surface area contributed by atoms with E-state index in [9.17, 15) is 0 Å². The Labute approximate surface area is 102 Å². The molecule has 90 valence electrons. The standard InChI is InChI=1S/C14H19N3/c1-10-16-13-8-11(6-7-14(13)17(10)2)9-15-12-4-3-5-12/h6-8,12,15H,3-5,9H2,1-2H3. The van der Waals surface area contributed by atoms with Gasteiger partial charge >= 0.3 is 0 Å². The van der Waals surface area contributed by atoms with Gasteiger partial charge in [0, 0.05) is 19.6 Å². The van der Waals surface area contributed by atoms with Crippen molar-refractivity contribution in [1.29, 1.82) is 0 Å². The molecule has 0 spiro atoms. The second-order valence-electron chi connectivity index (χ2n) is 5.05. The summed E-state index contributed by atoms with van der Waals surface area (Å²) in [5.41, 5.74) is 3.66. The molecule has 17 heavy (non-hydrogen) atoms. The molecule has 3 heteroatoms. The Bertz CT molecular complexity index is 538. The average molecular weight is 229 g/mol. The lowest BCUT2D eigenvalue weighted by atomic mass is 9.93. The highest BCUT2D eigenvalue weighted by Gasteiger charge is 2.16. The van der Waals surface area contributed by atoms with Crippen LogP contribution >= 0.6 is 0 Å². The van der Waals surface area contributed by atoms with Crippen LogP contribution in [0.25, 0.3) is 11.0 Å². The Hall–Kier alpha value is -1.35. The lowest BCUT2D eigenvalue weighted by molar-refractivity contribution is 0.338. The summed E-state index contributed by atoms with van der Waals surface area (Å²) in [6.45, 7) is 3.02. The summed E-state index contributed by atoms with van der Waals surface area (Å²) in [6.07, 6.45) is 4.06. The van der Waals surface area contributed by atoms with Crippen molar-refractivity contribution in [1.82, 2.24) is 14.9 Å². The number of nitrogens with one attached hydrogen (secondary N) is 1. The SMILES string of the molecule is Cc1nc2cc(CNC3CCC3)ccc2n1C. The van der Waals surface area contributed by atoms with Crippen LogP contribution in [-0.4, -0.2) is 15.6 Å². The normalized spacial score (nSPS) is 16.4. The number of benzene rings is 1. The first-order valence-electron chi connectivity index (χ1n) is 6.39. The van der Waals surface area contributed by atoms with Gasteiger partial charge in [0.25, 0.3) is 0 Å². The van der Waals surface area contributed by atoms with Crippen LogP contribution in [0, 0.1) is 6.92 Å². The van der Waals surface area contributed by atoms with E-state index in [1.807, 2.05) is 6.92 Å². The van der Waals surface area contributed by atoms with Crippen LogP contribution in [0.5, 0.6) is 0 Å². The van der Waals surface area contributed by atoms with E-state index in [1.165, 1.54) is 30.3 Å². The predicted octanol–water partition coefficient (Wildman–Crippen LogP) is 2.52. The van der Waals surface area contributed by atoms with E-state index in [4.69, 9.17) is 0 Å². The smallest absolute Gasteiger partial charge is 0.106 e. The van der Waals surface area contributed by atoms with E-state index in [-0.39, 0.29) is 0 Å². The molecule has 1 aromatic carbocycles. The highest BCUT2D eigenvalue weighted by atomic mass is 15.0. The van der Waals surface area contributed by atoms with E-state index >= 15 is 0 Å². The minimum atomic E-state index is 0.746.